The summed E-state index contributed by atoms with van der Waals surface area (Å²) in [5.74, 6) is 2.65. The van der Waals surface area contributed by atoms with Gasteiger partial charge in [0.05, 0.1) is 20.8 Å². The van der Waals surface area contributed by atoms with Gasteiger partial charge in [0, 0.05) is 5.56 Å². The van der Waals surface area contributed by atoms with Crippen LogP contribution in [-0.2, 0) is 0 Å². The first-order valence-corrected chi connectivity index (χ1v) is 8.69. The molecule has 0 fully saturated rings. The van der Waals surface area contributed by atoms with Crippen LogP contribution < -0.4 is 14.2 Å². The van der Waals surface area contributed by atoms with Crippen LogP contribution in [0.2, 0.25) is 0 Å². The van der Waals surface area contributed by atoms with Crippen molar-refractivity contribution in [3.8, 4) is 28.6 Å². The Kier molecular flexibility index (Phi) is 5.98. The SMILES string of the molecule is CCOc1ccc(/C=C(\Cl)c2nc(-c3ccc(OC)c(OC)c3)no2)cc1. The Balaban J connectivity index is 1.82. The second-order valence-corrected chi connectivity index (χ2v) is 5.89. The number of hydrogen-bond donors (Lipinski definition) is 0. The smallest absolute Gasteiger partial charge is 0.269 e. The van der Waals surface area contributed by atoms with Gasteiger partial charge in [-0.25, -0.2) is 0 Å². The maximum absolute atomic E-state index is 6.34. The van der Waals surface area contributed by atoms with E-state index in [4.69, 9.17) is 30.3 Å². The molecule has 0 aliphatic heterocycles. The average molecular weight is 387 g/mol. The molecule has 1 aromatic heterocycles. The van der Waals surface area contributed by atoms with Gasteiger partial charge in [0.25, 0.3) is 5.89 Å². The normalized spacial score (nSPS) is 11.3. The maximum Gasteiger partial charge on any atom is 0.269 e. The first kappa shape index (κ1) is 18.8. The largest absolute Gasteiger partial charge is 0.494 e. The highest BCUT2D eigenvalue weighted by Crippen LogP contribution is 2.32. The van der Waals surface area contributed by atoms with E-state index in [1.54, 1.807) is 32.4 Å². The Morgan fingerprint density at radius 3 is 2.48 bits per heavy atom. The molecule has 0 saturated heterocycles. The van der Waals surface area contributed by atoms with Gasteiger partial charge in [0.1, 0.15) is 10.8 Å². The third kappa shape index (κ3) is 4.41. The van der Waals surface area contributed by atoms with Crippen molar-refractivity contribution < 1.29 is 18.7 Å². The second-order valence-electron chi connectivity index (χ2n) is 5.49. The third-order valence-corrected chi connectivity index (χ3v) is 4.03. The number of rotatable bonds is 7. The fourth-order valence-corrected chi connectivity index (χ4v) is 2.65. The Morgan fingerprint density at radius 2 is 1.81 bits per heavy atom. The standard InChI is InChI=1S/C20H19ClN2O4/c1-4-26-15-8-5-13(6-9-15)11-16(21)20-22-19(23-27-20)14-7-10-17(24-2)18(12-14)25-3/h5-12H,4H2,1-3H3/b16-11-. The molecule has 0 unspecified atom stereocenters. The van der Waals surface area contributed by atoms with Crippen molar-refractivity contribution in [1.29, 1.82) is 0 Å². The first-order valence-electron chi connectivity index (χ1n) is 8.31. The van der Waals surface area contributed by atoms with E-state index < -0.39 is 0 Å². The van der Waals surface area contributed by atoms with Gasteiger partial charge in [-0.2, -0.15) is 4.98 Å². The third-order valence-electron chi connectivity index (χ3n) is 3.76. The maximum atomic E-state index is 6.34. The molecule has 0 bridgehead atoms. The average Bonchev–Trinajstić information content (AvgIpc) is 3.19. The number of halogens is 1. The van der Waals surface area contributed by atoms with Gasteiger partial charge in [0.15, 0.2) is 11.5 Å². The lowest BCUT2D eigenvalue weighted by Gasteiger charge is -2.07. The molecule has 6 nitrogen and oxygen atoms in total. The lowest BCUT2D eigenvalue weighted by Crippen LogP contribution is -1.91. The molecule has 0 radical (unpaired) electrons. The summed E-state index contributed by atoms with van der Waals surface area (Å²) in [6.07, 6.45) is 1.75. The fraction of sp³-hybridized carbons (Fsp3) is 0.200. The van der Waals surface area contributed by atoms with Crippen molar-refractivity contribution in [2.75, 3.05) is 20.8 Å². The van der Waals surface area contributed by atoms with Crippen LogP contribution in [0.3, 0.4) is 0 Å². The summed E-state index contributed by atoms with van der Waals surface area (Å²) in [6, 6.07) is 12.9. The predicted octanol–water partition coefficient (Wildman–Crippen LogP) is 4.89. The Labute approximate surface area is 162 Å². The van der Waals surface area contributed by atoms with Crippen molar-refractivity contribution in [2.45, 2.75) is 6.92 Å². The zero-order valence-electron chi connectivity index (χ0n) is 15.2. The lowest BCUT2D eigenvalue weighted by molar-refractivity contribution is 0.340. The minimum absolute atomic E-state index is 0.232. The number of methoxy groups -OCH3 is 2. The highest BCUT2D eigenvalue weighted by Gasteiger charge is 2.14. The number of ether oxygens (including phenoxy) is 3. The van der Waals surface area contributed by atoms with Crippen LogP contribution >= 0.6 is 11.6 Å². The Morgan fingerprint density at radius 1 is 1.07 bits per heavy atom. The van der Waals surface area contributed by atoms with Crippen molar-refractivity contribution >= 4 is 22.7 Å². The van der Waals surface area contributed by atoms with E-state index in [2.05, 4.69) is 10.1 Å². The van der Waals surface area contributed by atoms with Crippen LogP contribution in [0, 0.1) is 0 Å². The van der Waals surface area contributed by atoms with Gasteiger partial charge in [-0.15, -0.1) is 0 Å². The molecule has 3 aromatic rings. The summed E-state index contributed by atoms with van der Waals surface area (Å²) < 4.78 is 21.2. The molecule has 0 spiro atoms. The van der Waals surface area contributed by atoms with Crippen LogP contribution in [0.25, 0.3) is 22.5 Å². The molecule has 0 aliphatic rings. The highest BCUT2D eigenvalue weighted by molar-refractivity contribution is 6.50. The van der Waals surface area contributed by atoms with E-state index in [1.807, 2.05) is 37.3 Å². The lowest BCUT2D eigenvalue weighted by atomic mass is 10.2. The first-order chi connectivity index (χ1) is 13.1. The van der Waals surface area contributed by atoms with Gasteiger partial charge in [-0.1, -0.05) is 28.9 Å². The summed E-state index contributed by atoms with van der Waals surface area (Å²) in [5.41, 5.74) is 1.63. The molecule has 0 saturated carbocycles. The van der Waals surface area contributed by atoms with Crippen LogP contribution in [0.15, 0.2) is 47.0 Å². The molecule has 0 aliphatic carbocycles. The molecule has 140 valence electrons. The topological polar surface area (TPSA) is 66.6 Å². The Bertz CT molecular complexity index is 935. The van der Waals surface area contributed by atoms with Crippen LogP contribution in [0.5, 0.6) is 17.2 Å². The van der Waals surface area contributed by atoms with E-state index >= 15 is 0 Å². The van der Waals surface area contributed by atoms with E-state index in [0.717, 1.165) is 16.9 Å². The van der Waals surface area contributed by atoms with Gasteiger partial charge >= 0.3 is 0 Å². The molecule has 0 amide bonds. The molecule has 3 rings (SSSR count). The fourth-order valence-electron chi connectivity index (χ4n) is 2.45. The molecule has 1 heterocycles. The zero-order valence-corrected chi connectivity index (χ0v) is 16.0. The Hall–Kier alpha value is -2.99. The van der Waals surface area contributed by atoms with Gasteiger partial charge in [0.2, 0.25) is 5.82 Å². The van der Waals surface area contributed by atoms with Gasteiger partial charge < -0.3 is 18.7 Å². The van der Waals surface area contributed by atoms with Crippen LogP contribution in [-0.4, -0.2) is 31.0 Å². The quantitative estimate of drug-likeness (QED) is 0.576. The van der Waals surface area contributed by atoms with Gasteiger partial charge in [-0.3, -0.25) is 0 Å². The van der Waals surface area contributed by atoms with Crippen LogP contribution in [0.1, 0.15) is 18.4 Å². The summed E-state index contributed by atoms with van der Waals surface area (Å²) in [6.45, 7) is 2.56. The van der Waals surface area contributed by atoms with Crippen molar-refractivity contribution in [3.05, 3.63) is 53.9 Å². The molecule has 2 aromatic carbocycles. The van der Waals surface area contributed by atoms with E-state index in [1.165, 1.54) is 0 Å². The van der Waals surface area contributed by atoms with Gasteiger partial charge in [-0.05, 0) is 48.9 Å². The van der Waals surface area contributed by atoms with E-state index in [-0.39, 0.29) is 5.89 Å². The number of aromatic nitrogens is 2. The molecule has 0 atom stereocenters. The summed E-state index contributed by atoms with van der Waals surface area (Å²) in [4.78, 5) is 4.36. The summed E-state index contributed by atoms with van der Waals surface area (Å²) in [5, 5.41) is 4.34. The summed E-state index contributed by atoms with van der Waals surface area (Å²) in [7, 11) is 3.15. The highest BCUT2D eigenvalue weighted by atomic mass is 35.5. The molecule has 27 heavy (non-hydrogen) atoms. The predicted molar refractivity (Wildman–Crippen MR) is 104 cm³/mol. The minimum Gasteiger partial charge on any atom is -0.494 e. The minimum atomic E-state index is 0.232. The molecule has 7 heteroatoms. The molecule has 0 N–H and O–H groups in total. The molecular formula is C20H19ClN2O4. The second kappa shape index (κ2) is 8.60. The number of hydrogen-bond acceptors (Lipinski definition) is 6. The number of benzene rings is 2. The van der Waals surface area contributed by atoms with Crippen molar-refractivity contribution in [3.63, 3.8) is 0 Å². The van der Waals surface area contributed by atoms with E-state index in [0.29, 0.717) is 29.0 Å². The van der Waals surface area contributed by atoms with Crippen LogP contribution in [0.4, 0.5) is 0 Å². The molecular weight excluding hydrogens is 368 g/mol. The van der Waals surface area contributed by atoms with Crippen molar-refractivity contribution in [2.24, 2.45) is 0 Å². The van der Waals surface area contributed by atoms with E-state index in [9.17, 15) is 0 Å². The zero-order chi connectivity index (χ0) is 19.2. The number of nitrogens with zero attached hydrogens (tertiary/aromatic N) is 2. The monoisotopic (exact) mass is 386 g/mol. The van der Waals surface area contributed by atoms with Crippen molar-refractivity contribution in [1.82, 2.24) is 10.1 Å². The summed E-state index contributed by atoms with van der Waals surface area (Å²) >= 11 is 6.34.